The van der Waals surface area contributed by atoms with Gasteiger partial charge in [0, 0.05) is 42.6 Å². The molecule has 1 amide bonds. The van der Waals surface area contributed by atoms with E-state index in [1.54, 1.807) is 0 Å². The molecule has 1 heterocycles. The number of primary amides is 1. The third-order valence-corrected chi connectivity index (χ3v) is 3.98. The summed E-state index contributed by atoms with van der Waals surface area (Å²) >= 11 is 1.97. The van der Waals surface area contributed by atoms with E-state index in [1.165, 1.54) is 0 Å². The second-order valence-corrected chi connectivity index (χ2v) is 6.44. The van der Waals surface area contributed by atoms with Crippen LogP contribution in [0.15, 0.2) is 0 Å². The highest BCUT2D eigenvalue weighted by molar-refractivity contribution is 8.00. The van der Waals surface area contributed by atoms with Crippen molar-refractivity contribution in [2.75, 3.05) is 25.4 Å². The lowest BCUT2D eigenvalue weighted by molar-refractivity contribution is -0.119. The average Bonchev–Trinajstić information content (AvgIpc) is 2.12. The molecule has 0 saturated carbocycles. The minimum Gasteiger partial charge on any atom is -0.370 e. The molecule has 15 heavy (non-hydrogen) atoms. The van der Waals surface area contributed by atoms with Crippen LogP contribution in [-0.2, 0) is 4.79 Å². The van der Waals surface area contributed by atoms with Gasteiger partial charge in [0.25, 0.3) is 0 Å². The lowest BCUT2D eigenvalue weighted by Crippen LogP contribution is -2.51. The third-order valence-electron chi connectivity index (χ3n) is 2.68. The maximum absolute atomic E-state index is 10.9. The van der Waals surface area contributed by atoms with E-state index in [-0.39, 0.29) is 16.7 Å². The first-order valence-electron chi connectivity index (χ1n) is 5.31. The van der Waals surface area contributed by atoms with Crippen molar-refractivity contribution >= 4 is 17.7 Å². The molecular weight excluding hydrogens is 210 g/mol. The molecule has 1 unspecified atom stereocenters. The second-order valence-electron chi connectivity index (χ2n) is 4.64. The predicted molar refractivity (Wildman–Crippen MR) is 64.8 cm³/mol. The van der Waals surface area contributed by atoms with E-state index in [1.807, 2.05) is 11.8 Å². The number of nitrogens with zero attached hydrogens (tertiary/aromatic N) is 1. The fourth-order valence-corrected chi connectivity index (χ4v) is 3.09. The van der Waals surface area contributed by atoms with Gasteiger partial charge >= 0.3 is 0 Å². The summed E-state index contributed by atoms with van der Waals surface area (Å²) in [6.07, 6.45) is 0.372. The van der Waals surface area contributed by atoms with Crippen LogP contribution in [0, 0.1) is 0 Å². The third kappa shape index (κ3) is 4.01. The molecule has 0 aromatic heterocycles. The topological polar surface area (TPSA) is 72.3 Å². The first kappa shape index (κ1) is 12.8. The second kappa shape index (κ2) is 5.18. The zero-order chi connectivity index (χ0) is 11.5. The molecule has 0 spiro atoms. The Labute approximate surface area is 95.7 Å². The van der Waals surface area contributed by atoms with Crippen molar-refractivity contribution in [3.63, 3.8) is 0 Å². The lowest BCUT2D eigenvalue weighted by Gasteiger charge is -2.41. The van der Waals surface area contributed by atoms with Crippen LogP contribution >= 0.6 is 11.8 Å². The van der Waals surface area contributed by atoms with Gasteiger partial charge in [-0.15, -0.1) is 0 Å². The van der Waals surface area contributed by atoms with E-state index < -0.39 is 0 Å². The van der Waals surface area contributed by atoms with E-state index in [9.17, 15) is 4.79 Å². The lowest BCUT2D eigenvalue weighted by atomic mass is 10.1. The SMILES string of the molecule is CC1(C)CN(C(CN)CC(N)=O)CCS1. The van der Waals surface area contributed by atoms with Crippen molar-refractivity contribution in [2.24, 2.45) is 11.5 Å². The van der Waals surface area contributed by atoms with Gasteiger partial charge in [-0.1, -0.05) is 0 Å². The molecular formula is C10H21N3OS. The van der Waals surface area contributed by atoms with Crippen LogP contribution in [0.4, 0.5) is 0 Å². The Morgan fingerprint density at radius 3 is 2.73 bits per heavy atom. The molecule has 0 aromatic rings. The quantitative estimate of drug-likeness (QED) is 0.715. The van der Waals surface area contributed by atoms with Crippen LogP contribution in [0.5, 0.6) is 0 Å². The first-order valence-corrected chi connectivity index (χ1v) is 6.29. The Balaban J connectivity index is 2.56. The molecule has 0 aromatic carbocycles. The fraction of sp³-hybridized carbons (Fsp3) is 0.900. The number of rotatable bonds is 4. The number of hydrogen-bond acceptors (Lipinski definition) is 4. The minimum atomic E-state index is -0.263. The van der Waals surface area contributed by atoms with Crippen molar-refractivity contribution in [3.8, 4) is 0 Å². The van der Waals surface area contributed by atoms with Gasteiger partial charge in [0.2, 0.25) is 5.91 Å². The predicted octanol–water partition coefficient (Wildman–Crippen LogP) is 0.0165. The molecule has 1 aliphatic rings. The molecule has 4 nitrogen and oxygen atoms in total. The van der Waals surface area contributed by atoms with Crippen molar-refractivity contribution < 1.29 is 4.79 Å². The Bertz CT molecular complexity index is 233. The van der Waals surface area contributed by atoms with Gasteiger partial charge in [-0.3, -0.25) is 9.69 Å². The molecule has 0 aliphatic carbocycles. The summed E-state index contributed by atoms with van der Waals surface area (Å²) in [4.78, 5) is 13.2. The largest absolute Gasteiger partial charge is 0.370 e. The van der Waals surface area contributed by atoms with Crippen LogP contribution in [0.1, 0.15) is 20.3 Å². The maximum atomic E-state index is 10.9. The van der Waals surface area contributed by atoms with Crippen molar-refractivity contribution in [3.05, 3.63) is 0 Å². The van der Waals surface area contributed by atoms with Gasteiger partial charge in [0.05, 0.1) is 0 Å². The molecule has 0 radical (unpaired) electrons. The van der Waals surface area contributed by atoms with Gasteiger partial charge < -0.3 is 11.5 Å². The molecule has 1 fully saturated rings. The summed E-state index contributed by atoms with van der Waals surface area (Å²) in [6.45, 7) is 6.93. The summed E-state index contributed by atoms with van der Waals surface area (Å²) in [7, 11) is 0. The minimum absolute atomic E-state index is 0.114. The molecule has 5 heteroatoms. The van der Waals surface area contributed by atoms with Crippen molar-refractivity contribution in [2.45, 2.75) is 31.1 Å². The Morgan fingerprint density at radius 1 is 1.60 bits per heavy atom. The van der Waals surface area contributed by atoms with Crippen molar-refractivity contribution in [1.82, 2.24) is 4.90 Å². The fourth-order valence-electron chi connectivity index (χ4n) is 1.96. The number of hydrogen-bond donors (Lipinski definition) is 2. The van der Waals surface area contributed by atoms with Crippen LogP contribution in [-0.4, -0.2) is 47.0 Å². The summed E-state index contributed by atoms with van der Waals surface area (Å²) in [5, 5.41) is 0. The van der Waals surface area contributed by atoms with E-state index in [0.717, 1.165) is 18.8 Å². The van der Waals surface area contributed by atoms with E-state index in [4.69, 9.17) is 11.5 Å². The van der Waals surface area contributed by atoms with Gasteiger partial charge in [-0.2, -0.15) is 11.8 Å². The maximum Gasteiger partial charge on any atom is 0.219 e. The van der Waals surface area contributed by atoms with Crippen LogP contribution in [0.2, 0.25) is 0 Å². The molecule has 1 atom stereocenters. The molecule has 88 valence electrons. The van der Waals surface area contributed by atoms with Gasteiger partial charge in [0.15, 0.2) is 0 Å². The zero-order valence-electron chi connectivity index (χ0n) is 9.53. The standard InChI is InChI=1S/C10H21N3OS/c1-10(2)7-13(3-4-15-10)8(6-11)5-9(12)14/h8H,3-7,11H2,1-2H3,(H2,12,14). The number of amides is 1. The normalized spacial score (nSPS) is 23.7. The molecule has 1 saturated heterocycles. The molecule has 4 N–H and O–H groups in total. The summed E-state index contributed by atoms with van der Waals surface area (Å²) in [5.41, 5.74) is 10.9. The summed E-state index contributed by atoms with van der Waals surface area (Å²) in [6, 6.07) is 0.114. The highest BCUT2D eigenvalue weighted by atomic mass is 32.2. The van der Waals surface area contributed by atoms with Crippen LogP contribution in [0.25, 0.3) is 0 Å². The van der Waals surface area contributed by atoms with Gasteiger partial charge in [-0.25, -0.2) is 0 Å². The van der Waals surface area contributed by atoms with Crippen molar-refractivity contribution in [1.29, 1.82) is 0 Å². The van der Waals surface area contributed by atoms with E-state index >= 15 is 0 Å². The van der Waals surface area contributed by atoms with E-state index in [2.05, 4.69) is 18.7 Å². The smallest absolute Gasteiger partial charge is 0.219 e. The molecule has 1 rings (SSSR count). The Morgan fingerprint density at radius 2 is 2.27 bits per heavy atom. The molecule has 1 aliphatic heterocycles. The number of carbonyl (C=O) groups is 1. The van der Waals surface area contributed by atoms with Crippen LogP contribution < -0.4 is 11.5 Å². The van der Waals surface area contributed by atoms with Crippen LogP contribution in [0.3, 0.4) is 0 Å². The highest BCUT2D eigenvalue weighted by Crippen LogP contribution is 2.30. The highest BCUT2D eigenvalue weighted by Gasteiger charge is 2.30. The Hall–Kier alpha value is -0.260. The zero-order valence-corrected chi connectivity index (χ0v) is 10.3. The number of carbonyl (C=O) groups excluding carboxylic acids is 1. The first-order chi connectivity index (χ1) is 6.94. The summed E-state index contributed by atoms with van der Waals surface area (Å²) < 4.78 is 0.253. The van der Waals surface area contributed by atoms with E-state index in [0.29, 0.717) is 13.0 Å². The van der Waals surface area contributed by atoms with Gasteiger partial charge in [-0.05, 0) is 13.8 Å². The van der Waals surface area contributed by atoms with Gasteiger partial charge in [0.1, 0.15) is 0 Å². The number of thioether (sulfide) groups is 1. The average molecular weight is 231 g/mol. The number of nitrogens with two attached hydrogens (primary N) is 2. The summed E-state index contributed by atoms with van der Waals surface area (Å²) in [5.74, 6) is 0.837. The Kier molecular flexibility index (Phi) is 4.43. The molecule has 0 bridgehead atoms. The monoisotopic (exact) mass is 231 g/mol.